The molecule has 0 aromatic heterocycles. The van der Waals surface area contributed by atoms with E-state index in [2.05, 4.69) is 6.58 Å². The number of benzene rings is 2. The summed E-state index contributed by atoms with van der Waals surface area (Å²) in [4.78, 5) is 24.5. The Kier molecular flexibility index (Phi) is 9.29. The summed E-state index contributed by atoms with van der Waals surface area (Å²) in [6.07, 6.45) is 9.18. The van der Waals surface area contributed by atoms with Gasteiger partial charge in [0.1, 0.15) is 12.7 Å². The second kappa shape index (κ2) is 12.6. The molecule has 0 saturated heterocycles. The van der Waals surface area contributed by atoms with Crippen LogP contribution >= 0.6 is 0 Å². The van der Waals surface area contributed by atoms with E-state index in [4.69, 9.17) is 25.7 Å². The smallest absolute Gasteiger partial charge is 0.338 e. The Morgan fingerprint density at radius 1 is 0.971 bits per heavy atom. The zero-order chi connectivity index (χ0) is 24.3. The summed E-state index contributed by atoms with van der Waals surface area (Å²) in [5.41, 5.74) is 14.5. The van der Waals surface area contributed by atoms with Gasteiger partial charge in [-0.1, -0.05) is 18.2 Å². The van der Waals surface area contributed by atoms with E-state index in [-0.39, 0.29) is 24.8 Å². The number of hydrogen-bond acceptors (Lipinski definition) is 7. The third-order valence-electron chi connectivity index (χ3n) is 5.55. The zero-order valence-corrected chi connectivity index (χ0v) is 19.3. The van der Waals surface area contributed by atoms with E-state index in [0.717, 1.165) is 43.2 Å². The molecule has 34 heavy (non-hydrogen) atoms. The van der Waals surface area contributed by atoms with E-state index in [1.54, 1.807) is 48.5 Å². The van der Waals surface area contributed by atoms with Crippen molar-refractivity contribution >= 4 is 29.4 Å². The Bertz CT molecular complexity index is 988. The molecule has 0 atom stereocenters. The van der Waals surface area contributed by atoms with Crippen molar-refractivity contribution in [2.24, 2.45) is 0 Å². The summed E-state index contributed by atoms with van der Waals surface area (Å²) in [5, 5.41) is 0. The minimum Gasteiger partial charge on any atom is -0.459 e. The van der Waals surface area contributed by atoms with Crippen LogP contribution in [0.4, 0.5) is 11.4 Å². The maximum Gasteiger partial charge on any atom is 0.338 e. The molecule has 0 radical (unpaired) electrons. The van der Waals surface area contributed by atoms with Crippen LogP contribution in [-0.4, -0.2) is 30.8 Å². The van der Waals surface area contributed by atoms with Crippen LogP contribution in [0.5, 0.6) is 0 Å². The summed E-state index contributed by atoms with van der Waals surface area (Å²) >= 11 is 0. The van der Waals surface area contributed by atoms with Gasteiger partial charge in [-0.05, 0) is 79.6 Å². The summed E-state index contributed by atoms with van der Waals surface area (Å²) in [5.74, 6) is -0.832. The van der Waals surface area contributed by atoms with Gasteiger partial charge >= 0.3 is 11.9 Å². The van der Waals surface area contributed by atoms with Gasteiger partial charge in [0.15, 0.2) is 0 Å². The molecule has 0 heterocycles. The van der Waals surface area contributed by atoms with Crippen molar-refractivity contribution in [1.29, 1.82) is 0 Å². The number of rotatable bonds is 10. The average molecular weight is 465 g/mol. The molecule has 7 nitrogen and oxygen atoms in total. The van der Waals surface area contributed by atoms with Crippen LogP contribution < -0.4 is 11.5 Å². The van der Waals surface area contributed by atoms with Crippen molar-refractivity contribution in [2.75, 3.05) is 18.1 Å². The average Bonchev–Trinajstić information content (AvgIpc) is 2.82. The molecule has 0 bridgehead atoms. The topological polar surface area (TPSA) is 114 Å². The van der Waals surface area contributed by atoms with Crippen molar-refractivity contribution in [2.45, 2.75) is 50.9 Å². The Morgan fingerprint density at radius 3 is 2.26 bits per heavy atom. The fourth-order valence-electron chi connectivity index (χ4n) is 3.78. The highest BCUT2D eigenvalue weighted by Crippen LogP contribution is 2.24. The minimum absolute atomic E-state index is 0.0755. The lowest BCUT2D eigenvalue weighted by Crippen LogP contribution is -2.28. The predicted octanol–water partition coefficient (Wildman–Crippen LogP) is 4.67. The monoisotopic (exact) mass is 464 g/mol. The lowest BCUT2D eigenvalue weighted by Gasteiger charge is -2.28. The number of hydrogen-bond donors (Lipinski definition) is 2. The molecule has 1 saturated carbocycles. The van der Waals surface area contributed by atoms with Crippen LogP contribution in [0.3, 0.4) is 0 Å². The molecule has 1 aliphatic rings. The molecule has 1 fully saturated rings. The Morgan fingerprint density at radius 2 is 1.62 bits per heavy atom. The first kappa shape index (κ1) is 25.1. The number of carbonyl (C=O) groups is 2. The second-order valence-corrected chi connectivity index (χ2v) is 8.32. The highest BCUT2D eigenvalue weighted by Gasteiger charge is 2.24. The third-order valence-corrected chi connectivity index (χ3v) is 5.55. The summed E-state index contributed by atoms with van der Waals surface area (Å²) in [7, 11) is 0. The maximum atomic E-state index is 12.5. The van der Waals surface area contributed by atoms with Gasteiger partial charge in [0.25, 0.3) is 0 Å². The quantitative estimate of drug-likeness (QED) is 0.173. The molecule has 3 rings (SSSR count). The Labute approximate surface area is 200 Å². The predicted molar refractivity (Wildman–Crippen MR) is 133 cm³/mol. The van der Waals surface area contributed by atoms with Gasteiger partial charge in [-0.15, -0.1) is 6.58 Å². The van der Waals surface area contributed by atoms with Gasteiger partial charge in [0, 0.05) is 17.5 Å². The largest absolute Gasteiger partial charge is 0.459 e. The van der Waals surface area contributed by atoms with Gasteiger partial charge < -0.3 is 25.7 Å². The summed E-state index contributed by atoms with van der Waals surface area (Å²) in [6, 6.07) is 11.9. The molecule has 4 N–H and O–H groups in total. The van der Waals surface area contributed by atoms with Crippen molar-refractivity contribution in [3.05, 3.63) is 77.9 Å². The van der Waals surface area contributed by atoms with Gasteiger partial charge in [-0.2, -0.15) is 0 Å². The van der Waals surface area contributed by atoms with Crippen molar-refractivity contribution < 1.29 is 23.8 Å². The maximum absolute atomic E-state index is 12.5. The van der Waals surface area contributed by atoms with Gasteiger partial charge in [0.05, 0.1) is 18.3 Å². The van der Waals surface area contributed by atoms with E-state index < -0.39 is 5.97 Å². The van der Waals surface area contributed by atoms with Crippen LogP contribution in [0.2, 0.25) is 0 Å². The van der Waals surface area contributed by atoms with Crippen molar-refractivity contribution in [3.8, 4) is 0 Å². The lowest BCUT2D eigenvalue weighted by atomic mass is 9.95. The number of ether oxygens (including phenoxy) is 3. The number of esters is 2. The highest BCUT2D eigenvalue weighted by atomic mass is 16.5. The molecule has 7 heteroatoms. The summed E-state index contributed by atoms with van der Waals surface area (Å²) in [6.45, 7) is 4.46. The van der Waals surface area contributed by atoms with Crippen molar-refractivity contribution in [3.63, 3.8) is 0 Å². The minimum atomic E-state index is -0.492. The van der Waals surface area contributed by atoms with Crippen LogP contribution in [0.15, 0.2) is 61.2 Å². The normalized spacial score (nSPS) is 17.9. The standard InChI is InChI=1S/C27H32N2O5/c1-2-3-14-32-24-9-11-25(12-10-24)34-27(31)21-7-4-19(5-8-21)6-13-26(30)33-18-20-15-22(28)17-23(29)16-20/h2,4-8,13,15-17,24-25H,1,3,9-12,14,18,28-29H2/b13-6+. The molecule has 0 aliphatic heterocycles. The van der Waals surface area contributed by atoms with Crippen LogP contribution in [0.1, 0.15) is 53.6 Å². The highest BCUT2D eigenvalue weighted by molar-refractivity contribution is 5.90. The van der Waals surface area contributed by atoms with Crippen LogP contribution in [0.25, 0.3) is 6.08 Å². The first-order valence-corrected chi connectivity index (χ1v) is 11.5. The third kappa shape index (κ3) is 8.08. The number of carbonyl (C=O) groups excluding carboxylic acids is 2. The van der Waals surface area contributed by atoms with E-state index in [1.807, 2.05) is 6.08 Å². The molecule has 2 aromatic rings. The molecule has 1 aliphatic carbocycles. The first-order valence-electron chi connectivity index (χ1n) is 11.5. The molecule has 180 valence electrons. The fraction of sp³-hybridized carbons (Fsp3) is 0.333. The van der Waals surface area contributed by atoms with Gasteiger partial charge in [0.2, 0.25) is 0 Å². The number of anilines is 2. The summed E-state index contributed by atoms with van der Waals surface area (Å²) < 4.78 is 16.7. The molecular weight excluding hydrogens is 432 g/mol. The van der Waals surface area contributed by atoms with Crippen LogP contribution in [-0.2, 0) is 25.6 Å². The SMILES string of the molecule is C=CCCOC1CCC(OC(=O)c2ccc(/C=C/C(=O)OCc3cc(N)cc(N)c3)cc2)CC1. The van der Waals surface area contributed by atoms with Crippen LogP contribution in [0, 0.1) is 0 Å². The van der Waals surface area contributed by atoms with Gasteiger partial charge in [-0.3, -0.25) is 0 Å². The second-order valence-electron chi connectivity index (χ2n) is 8.32. The zero-order valence-electron chi connectivity index (χ0n) is 19.3. The van der Waals surface area contributed by atoms with E-state index >= 15 is 0 Å². The van der Waals surface area contributed by atoms with E-state index in [9.17, 15) is 9.59 Å². The van der Waals surface area contributed by atoms with E-state index in [1.165, 1.54) is 6.08 Å². The molecular formula is C27H32N2O5. The molecule has 2 aromatic carbocycles. The Hall–Kier alpha value is -3.58. The first-order chi connectivity index (χ1) is 16.4. The fourth-order valence-corrected chi connectivity index (χ4v) is 3.78. The molecule has 0 spiro atoms. The lowest BCUT2D eigenvalue weighted by molar-refractivity contribution is -0.138. The molecule has 0 amide bonds. The van der Waals surface area contributed by atoms with Gasteiger partial charge in [-0.25, -0.2) is 9.59 Å². The van der Waals surface area contributed by atoms with Crippen molar-refractivity contribution in [1.82, 2.24) is 0 Å². The van der Waals surface area contributed by atoms with E-state index in [0.29, 0.717) is 23.5 Å². The Balaban J connectivity index is 1.42. The number of nitrogens with two attached hydrogens (primary N) is 2. The molecule has 0 unspecified atom stereocenters. The number of nitrogen functional groups attached to an aromatic ring is 2.